The topological polar surface area (TPSA) is 99.4 Å². The number of fused-ring (bicyclic) bond motifs is 1. The van der Waals surface area contributed by atoms with Crippen LogP contribution in [0.5, 0.6) is 5.75 Å². The van der Waals surface area contributed by atoms with Crippen LogP contribution in [0.15, 0.2) is 40.9 Å². The molecular weight excluding hydrogens is 368 g/mol. The Morgan fingerprint density at radius 2 is 1.83 bits per heavy atom. The largest absolute Gasteiger partial charge is 0.461 e. The van der Waals surface area contributed by atoms with Gasteiger partial charge in [-0.2, -0.15) is 0 Å². The van der Waals surface area contributed by atoms with E-state index in [1.54, 1.807) is 12.1 Å². The number of hydrogen-bond acceptors (Lipinski definition) is 6. The zero-order chi connectivity index (χ0) is 16.6. The third-order valence-corrected chi connectivity index (χ3v) is 4.39. The average molecular weight is 385 g/mol. The van der Waals surface area contributed by atoms with E-state index in [4.69, 9.17) is 9.47 Å². The normalized spacial score (nSPS) is 31.3. The van der Waals surface area contributed by atoms with E-state index in [1.807, 2.05) is 24.3 Å². The van der Waals surface area contributed by atoms with Gasteiger partial charge in [-0.05, 0) is 29.7 Å². The van der Waals surface area contributed by atoms with Crippen molar-refractivity contribution in [1.82, 2.24) is 0 Å². The molecule has 6 nitrogen and oxygen atoms in total. The van der Waals surface area contributed by atoms with Crippen LogP contribution >= 0.6 is 15.9 Å². The maximum atomic E-state index is 10.0. The van der Waals surface area contributed by atoms with Gasteiger partial charge in [0.05, 0.1) is 6.61 Å². The summed E-state index contributed by atoms with van der Waals surface area (Å²) >= 11 is 3.40. The summed E-state index contributed by atoms with van der Waals surface area (Å²) in [5.41, 5.74) is 0. The number of benzene rings is 2. The third kappa shape index (κ3) is 3.21. The van der Waals surface area contributed by atoms with E-state index in [1.165, 1.54) is 0 Å². The Morgan fingerprint density at radius 1 is 1.04 bits per heavy atom. The lowest BCUT2D eigenvalue weighted by molar-refractivity contribution is -0.277. The number of hydrogen-bond donors (Lipinski definition) is 4. The molecule has 124 valence electrons. The van der Waals surface area contributed by atoms with Gasteiger partial charge in [-0.25, -0.2) is 0 Å². The molecule has 0 bridgehead atoms. The predicted molar refractivity (Wildman–Crippen MR) is 86.0 cm³/mol. The van der Waals surface area contributed by atoms with Crippen LogP contribution in [0.2, 0.25) is 0 Å². The Morgan fingerprint density at radius 3 is 2.57 bits per heavy atom. The van der Waals surface area contributed by atoms with E-state index >= 15 is 0 Å². The highest BCUT2D eigenvalue weighted by Crippen LogP contribution is 2.31. The number of halogens is 1. The quantitative estimate of drug-likeness (QED) is 0.624. The zero-order valence-corrected chi connectivity index (χ0v) is 13.6. The highest BCUT2D eigenvalue weighted by Gasteiger charge is 2.44. The molecule has 1 fully saturated rings. The molecule has 1 aliphatic rings. The first-order valence-corrected chi connectivity index (χ1v) is 7.96. The number of aliphatic hydroxyl groups is 4. The van der Waals surface area contributed by atoms with Gasteiger partial charge in [0, 0.05) is 9.86 Å². The summed E-state index contributed by atoms with van der Waals surface area (Å²) in [5, 5.41) is 40.6. The fourth-order valence-corrected chi connectivity index (χ4v) is 3.00. The van der Waals surface area contributed by atoms with Crippen LogP contribution in [0, 0.1) is 0 Å². The van der Waals surface area contributed by atoms with Gasteiger partial charge in [-0.15, -0.1) is 0 Å². The SMILES string of the molecule is OC[C@H]1O[C@@H](Oc2cccc3cc(Br)ccc23)[C@H](O)[C@@H](O)[C@@H]1O. The minimum Gasteiger partial charge on any atom is -0.461 e. The minimum atomic E-state index is -1.46. The molecule has 0 aromatic heterocycles. The van der Waals surface area contributed by atoms with Gasteiger partial charge >= 0.3 is 0 Å². The van der Waals surface area contributed by atoms with Gasteiger partial charge in [0.25, 0.3) is 0 Å². The van der Waals surface area contributed by atoms with Crippen molar-refractivity contribution in [1.29, 1.82) is 0 Å². The molecule has 0 radical (unpaired) electrons. The molecule has 1 aliphatic heterocycles. The molecule has 0 saturated carbocycles. The van der Waals surface area contributed by atoms with Crippen molar-refractivity contribution in [2.45, 2.75) is 30.7 Å². The van der Waals surface area contributed by atoms with Gasteiger partial charge < -0.3 is 29.9 Å². The Hall–Kier alpha value is -1.22. The van der Waals surface area contributed by atoms with Crippen LogP contribution in [0.3, 0.4) is 0 Å². The predicted octanol–water partition coefficient (Wildman–Crippen LogP) is 0.781. The average Bonchev–Trinajstić information content (AvgIpc) is 2.55. The monoisotopic (exact) mass is 384 g/mol. The van der Waals surface area contributed by atoms with E-state index in [2.05, 4.69) is 15.9 Å². The maximum Gasteiger partial charge on any atom is 0.229 e. The van der Waals surface area contributed by atoms with Crippen molar-refractivity contribution in [3.63, 3.8) is 0 Å². The molecule has 2 aromatic rings. The van der Waals surface area contributed by atoms with Crippen molar-refractivity contribution >= 4 is 26.7 Å². The molecule has 3 rings (SSSR count). The lowest BCUT2D eigenvalue weighted by Crippen LogP contribution is -2.60. The Balaban J connectivity index is 1.89. The Labute approximate surface area is 141 Å². The smallest absolute Gasteiger partial charge is 0.229 e. The molecule has 23 heavy (non-hydrogen) atoms. The van der Waals surface area contributed by atoms with Crippen LogP contribution in [0.4, 0.5) is 0 Å². The van der Waals surface area contributed by atoms with E-state index in [9.17, 15) is 20.4 Å². The van der Waals surface area contributed by atoms with E-state index in [0.29, 0.717) is 5.75 Å². The minimum absolute atomic E-state index is 0.472. The molecule has 1 saturated heterocycles. The van der Waals surface area contributed by atoms with Gasteiger partial charge in [-0.3, -0.25) is 0 Å². The summed E-state index contributed by atoms with van der Waals surface area (Å²) in [7, 11) is 0. The highest BCUT2D eigenvalue weighted by molar-refractivity contribution is 9.10. The standard InChI is InChI=1S/C16H17BrO6/c17-9-4-5-10-8(6-9)2-1-3-11(10)22-16-15(21)14(20)13(19)12(7-18)23-16/h1-6,12-16,18-21H,7H2/t12-,13-,14+,15-,16-/m1/s1. The first-order valence-electron chi connectivity index (χ1n) is 7.16. The van der Waals surface area contributed by atoms with Gasteiger partial charge in [0.2, 0.25) is 6.29 Å². The van der Waals surface area contributed by atoms with Crippen molar-refractivity contribution in [3.05, 3.63) is 40.9 Å². The van der Waals surface area contributed by atoms with Gasteiger partial charge in [0.1, 0.15) is 30.2 Å². The Kier molecular flexibility index (Phi) is 4.86. The van der Waals surface area contributed by atoms with Crippen LogP contribution in [-0.2, 0) is 4.74 Å². The molecule has 0 spiro atoms. The lowest BCUT2D eigenvalue weighted by Gasteiger charge is -2.39. The van der Waals surface area contributed by atoms with Crippen LogP contribution in [0.1, 0.15) is 0 Å². The van der Waals surface area contributed by atoms with Crippen LogP contribution in [-0.4, -0.2) is 57.7 Å². The van der Waals surface area contributed by atoms with Crippen LogP contribution < -0.4 is 4.74 Å². The van der Waals surface area contributed by atoms with E-state index in [-0.39, 0.29) is 0 Å². The number of rotatable bonds is 3. The fourth-order valence-electron chi connectivity index (χ4n) is 2.62. The van der Waals surface area contributed by atoms with Gasteiger partial charge in [-0.1, -0.05) is 28.1 Å². The molecule has 2 aromatic carbocycles. The van der Waals surface area contributed by atoms with Crippen LogP contribution in [0.25, 0.3) is 10.8 Å². The third-order valence-electron chi connectivity index (χ3n) is 3.89. The van der Waals surface area contributed by atoms with Crippen molar-refractivity contribution < 1.29 is 29.9 Å². The fraction of sp³-hybridized carbons (Fsp3) is 0.375. The summed E-state index contributed by atoms with van der Waals surface area (Å²) in [6.07, 6.45) is -6.49. The molecular formula is C16H17BrO6. The second-order valence-corrected chi connectivity index (χ2v) is 6.35. The summed E-state index contributed by atoms with van der Waals surface area (Å²) < 4.78 is 12.0. The van der Waals surface area contributed by atoms with Crippen molar-refractivity contribution in [2.75, 3.05) is 6.61 Å². The zero-order valence-electron chi connectivity index (χ0n) is 12.0. The molecule has 0 amide bonds. The summed E-state index contributed by atoms with van der Waals surface area (Å²) in [6.45, 7) is -0.493. The second kappa shape index (κ2) is 6.72. The number of aliphatic hydroxyl groups excluding tert-OH is 4. The Bertz CT molecular complexity index is 691. The van der Waals surface area contributed by atoms with Crippen molar-refractivity contribution in [2.24, 2.45) is 0 Å². The first-order chi connectivity index (χ1) is 11.0. The molecule has 7 heteroatoms. The first kappa shape index (κ1) is 16.6. The highest BCUT2D eigenvalue weighted by atomic mass is 79.9. The molecule has 1 heterocycles. The molecule has 0 aliphatic carbocycles. The van der Waals surface area contributed by atoms with Gasteiger partial charge in [0.15, 0.2) is 0 Å². The second-order valence-electron chi connectivity index (χ2n) is 5.44. The summed E-state index contributed by atoms with van der Waals surface area (Å²) in [6, 6.07) is 11.1. The van der Waals surface area contributed by atoms with E-state index in [0.717, 1.165) is 15.2 Å². The molecule has 5 atom stereocenters. The summed E-state index contributed by atoms with van der Waals surface area (Å²) in [5.74, 6) is 0.472. The molecule has 4 N–H and O–H groups in total. The maximum absolute atomic E-state index is 10.0. The molecule has 0 unspecified atom stereocenters. The lowest BCUT2D eigenvalue weighted by atomic mass is 9.99. The van der Waals surface area contributed by atoms with E-state index < -0.39 is 37.3 Å². The number of ether oxygens (including phenoxy) is 2. The summed E-state index contributed by atoms with van der Waals surface area (Å²) in [4.78, 5) is 0. The van der Waals surface area contributed by atoms with Crippen molar-refractivity contribution in [3.8, 4) is 5.75 Å².